The van der Waals surface area contributed by atoms with Gasteiger partial charge in [-0.1, -0.05) is 18.2 Å². The van der Waals surface area contributed by atoms with Crippen LogP contribution in [0.3, 0.4) is 0 Å². The van der Waals surface area contributed by atoms with Crippen molar-refractivity contribution in [1.29, 1.82) is 0 Å². The van der Waals surface area contributed by atoms with E-state index in [1.54, 1.807) is 18.2 Å². The van der Waals surface area contributed by atoms with E-state index in [1.165, 1.54) is 6.07 Å². The molecule has 0 unspecified atom stereocenters. The molecule has 0 bridgehead atoms. The van der Waals surface area contributed by atoms with Gasteiger partial charge in [-0.15, -0.1) is 11.6 Å². The predicted octanol–water partition coefficient (Wildman–Crippen LogP) is 3.84. The van der Waals surface area contributed by atoms with Crippen LogP contribution >= 0.6 is 27.5 Å². The molecule has 0 N–H and O–H groups in total. The van der Waals surface area contributed by atoms with E-state index in [0.717, 1.165) is 5.56 Å². The maximum Gasteiger partial charge on any atom is 0.137 e. The third-order valence-electron chi connectivity index (χ3n) is 1.34. The lowest BCUT2D eigenvalue weighted by atomic mass is 10.2. The first-order chi connectivity index (χ1) is 5.74. The van der Waals surface area contributed by atoms with Gasteiger partial charge in [-0.3, -0.25) is 0 Å². The molecule has 1 aromatic carbocycles. The highest BCUT2D eigenvalue weighted by atomic mass is 79.9. The van der Waals surface area contributed by atoms with E-state index >= 15 is 0 Å². The minimum Gasteiger partial charge on any atom is -0.206 e. The Bertz CT molecular complexity index is 297. The van der Waals surface area contributed by atoms with Gasteiger partial charge in [0.15, 0.2) is 0 Å². The Hall–Kier alpha value is -0.340. The summed E-state index contributed by atoms with van der Waals surface area (Å²) < 4.78 is 13.4. The van der Waals surface area contributed by atoms with Gasteiger partial charge in [0.25, 0.3) is 0 Å². The van der Waals surface area contributed by atoms with Gasteiger partial charge in [0.2, 0.25) is 0 Å². The number of alkyl halides is 1. The molecule has 0 aliphatic carbocycles. The van der Waals surface area contributed by atoms with E-state index in [2.05, 4.69) is 15.9 Å². The van der Waals surface area contributed by atoms with Gasteiger partial charge >= 0.3 is 0 Å². The second-order valence-electron chi connectivity index (χ2n) is 2.23. The topological polar surface area (TPSA) is 0 Å². The molecule has 0 aliphatic heterocycles. The number of hydrogen-bond donors (Lipinski definition) is 0. The van der Waals surface area contributed by atoms with Crippen LogP contribution in [-0.4, -0.2) is 5.88 Å². The number of allylic oxidation sites excluding steroid dienone is 1. The van der Waals surface area contributed by atoms with Crippen LogP contribution in [0.4, 0.5) is 4.39 Å². The lowest BCUT2D eigenvalue weighted by Gasteiger charge is -1.95. The lowest BCUT2D eigenvalue weighted by Crippen LogP contribution is -1.78. The van der Waals surface area contributed by atoms with Crippen LogP contribution in [0.1, 0.15) is 5.56 Å². The molecule has 0 aliphatic rings. The zero-order valence-electron chi connectivity index (χ0n) is 6.23. The van der Waals surface area contributed by atoms with E-state index in [-0.39, 0.29) is 5.82 Å². The summed E-state index contributed by atoms with van der Waals surface area (Å²) in [6, 6.07) is 4.94. The van der Waals surface area contributed by atoms with Crippen LogP contribution < -0.4 is 0 Å². The van der Waals surface area contributed by atoms with Crippen molar-refractivity contribution < 1.29 is 4.39 Å². The first-order valence-electron chi connectivity index (χ1n) is 3.41. The van der Waals surface area contributed by atoms with Crippen molar-refractivity contribution >= 4 is 33.6 Å². The standard InChI is InChI=1S/C9H7BrClF/c10-8-4-3-7(2-1-5-11)6-9(8)12/h1-4,6H,5H2. The predicted molar refractivity (Wildman–Crippen MR) is 53.9 cm³/mol. The molecule has 0 heterocycles. The average molecular weight is 250 g/mol. The summed E-state index contributed by atoms with van der Waals surface area (Å²) in [6.07, 6.45) is 3.55. The summed E-state index contributed by atoms with van der Waals surface area (Å²) in [5.41, 5.74) is 0.816. The molecular formula is C9H7BrClF. The van der Waals surface area contributed by atoms with Crippen LogP contribution in [0.25, 0.3) is 6.08 Å². The second kappa shape index (κ2) is 4.63. The number of hydrogen-bond acceptors (Lipinski definition) is 0. The second-order valence-corrected chi connectivity index (χ2v) is 3.39. The molecule has 1 aromatic rings. The maximum atomic E-state index is 12.9. The van der Waals surface area contributed by atoms with Gasteiger partial charge in [0.1, 0.15) is 5.82 Å². The Labute approximate surface area is 84.2 Å². The van der Waals surface area contributed by atoms with Crippen molar-refractivity contribution in [2.24, 2.45) is 0 Å². The zero-order chi connectivity index (χ0) is 8.97. The third kappa shape index (κ3) is 2.61. The minimum absolute atomic E-state index is 0.258. The molecule has 12 heavy (non-hydrogen) atoms. The molecule has 0 amide bonds. The van der Waals surface area contributed by atoms with Crippen LogP contribution in [0.2, 0.25) is 0 Å². The number of benzene rings is 1. The molecule has 0 saturated carbocycles. The van der Waals surface area contributed by atoms with Crippen molar-refractivity contribution in [2.45, 2.75) is 0 Å². The molecule has 0 fully saturated rings. The molecule has 1 rings (SSSR count). The largest absolute Gasteiger partial charge is 0.206 e. The average Bonchev–Trinajstić information content (AvgIpc) is 2.07. The van der Waals surface area contributed by atoms with Crippen molar-refractivity contribution in [1.82, 2.24) is 0 Å². The molecular weight excluding hydrogens is 242 g/mol. The first-order valence-corrected chi connectivity index (χ1v) is 4.74. The van der Waals surface area contributed by atoms with Crippen LogP contribution in [-0.2, 0) is 0 Å². The van der Waals surface area contributed by atoms with Crippen LogP contribution in [0.15, 0.2) is 28.7 Å². The van der Waals surface area contributed by atoms with E-state index in [1.807, 2.05) is 6.07 Å². The lowest BCUT2D eigenvalue weighted by molar-refractivity contribution is 0.621. The fraction of sp³-hybridized carbons (Fsp3) is 0.111. The molecule has 0 nitrogen and oxygen atoms in total. The Balaban J connectivity index is 2.89. The molecule has 3 heteroatoms. The molecule has 0 atom stereocenters. The van der Waals surface area contributed by atoms with Gasteiger partial charge in [-0.2, -0.15) is 0 Å². The van der Waals surface area contributed by atoms with Gasteiger partial charge in [0.05, 0.1) is 4.47 Å². The van der Waals surface area contributed by atoms with E-state index < -0.39 is 0 Å². The van der Waals surface area contributed by atoms with Crippen molar-refractivity contribution in [3.8, 4) is 0 Å². The van der Waals surface area contributed by atoms with Crippen molar-refractivity contribution in [3.63, 3.8) is 0 Å². The van der Waals surface area contributed by atoms with Crippen LogP contribution in [0.5, 0.6) is 0 Å². The fourth-order valence-corrected chi connectivity index (χ4v) is 1.13. The molecule has 0 aromatic heterocycles. The zero-order valence-corrected chi connectivity index (χ0v) is 8.57. The Morgan fingerprint density at radius 2 is 2.25 bits per heavy atom. The maximum absolute atomic E-state index is 12.9. The van der Waals surface area contributed by atoms with E-state index in [0.29, 0.717) is 10.4 Å². The van der Waals surface area contributed by atoms with Gasteiger partial charge in [-0.25, -0.2) is 4.39 Å². The number of halogens is 3. The highest BCUT2D eigenvalue weighted by Gasteiger charge is 1.96. The summed E-state index contributed by atoms with van der Waals surface area (Å²) in [4.78, 5) is 0. The fourth-order valence-electron chi connectivity index (χ4n) is 0.797. The van der Waals surface area contributed by atoms with E-state index in [9.17, 15) is 4.39 Å². The molecule has 0 radical (unpaired) electrons. The van der Waals surface area contributed by atoms with Gasteiger partial charge in [0, 0.05) is 5.88 Å². The summed E-state index contributed by atoms with van der Waals surface area (Å²) >= 11 is 8.51. The SMILES string of the molecule is Fc1cc(C=CCCl)ccc1Br. The summed E-state index contributed by atoms with van der Waals surface area (Å²) in [5, 5.41) is 0. The Morgan fingerprint density at radius 1 is 1.50 bits per heavy atom. The Kier molecular flexibility index (Phi) is 3.76. The minimum atomic E-state index is -0.258. The van der Waals surface area contributed by atoms with E-state index in [4.69, 9.17) is 11.6 Å². The quantitative estimate of drug-likeness (QED) is 0.699. The summed E-state index contributed by atoms with van der Waals surface area (Å²) in [5.74, 6) is 0.184. The molecule has 0 spiro atoms. The smallest absolute Gasteiger partial charge is 0.137 e. The normalized spacial score (nSPS) is 10.9. The van der Waals surface area contributed by atoms with Crippen molar-refractivity contribution in [2.75, 3.05) is 5.88 Å². The highest BCUT2D eigenvalue weighted by molar-refractivity contribution is 9.10. The third-order valence-corrected chi connectivity index (χ3v) is 2.16. The van der Waals surface area contributed by atoms with Gasteiger partial charge < -0.3 is 0 Å². The van der Waals surface area contributed by atoms with Crippen molar-refractivity contribution in [3.05, 3.63) is 40.1 Å². The molecule has 64 valence electrons. The monoisotopic (exact) mass is 248 g/mol. The van der Waals surface area contributed by atoms with Crippen LogP contribution in [0, 0.1) is 5.82 Å². The molecule has 0 saturated heterocycles. The number of rotatable bonds is 2. The summed E-state index contributed by atoms with van der Waals surface area (Å²) in [7, 11) is 0. The first kappa shape index (κ1) is 9.75. The summed E-state index contributed by atoms with van der Waals surface area (Å²) in [6.45, 7) is 0. The highest BCUT2D eigenvalue weighted by Crippen LogP contribution is 2.16. The Morgan fingerprint density at radius 3 is 2.83 bits per heavy atom. The van der Waals surface area contributed by atoms with Gasteiger partial charge in [-0.05, 0) is 33.6 Å².